The summed E-state index contributed by atoms with van der Waals surface area (Å²) in [7, 11) is 3.20. The first kappa shape index (κ1) is 19.3. The number of hydrogen-bond donors (Lipinski definition) is 0. The first-order valence-corrected chi connectivity index (χ1v) is 8.06. The zero-order chi connectivity index (χ0) is 17.3. The molecule has 1 aliphatic heterocycles. The molecule has 0 bridgehead atoms. The molecule has 25 heavy (non-hydrogen) atoms. The van der Waals surface area contributed by atoms with Crippen molar-refractivity contribution < 1.29 is 14.3 Å². The molecule has 0 N–H and O–H groups in total. The van der Waals surface area contributed by atoms with Crippen LogP contribution in [0.5, 0.6) is 11.5 Å². The van der Waals surface area contributed by atoms with E-state index in [-0.39, 0.29) is 18.2 Å². The molecule has 3 rings (SSSR count). The molecule has 0 amide bonds. The molecule has 1 heterocycles. The summed E-state index contributed by atoms with van der Waals surface area (Å²) in [6.07, 6.45) is 0. The summed E-state index contributed by atoms with van der Waals surface area (Å²) in [6.45, 7) is 5.40. The number of rotatable bonds is 4. The highest BCUT2D eigenvalue weighted by atomic mass is 35.5. The minimum atomic E-state index is -0.567. The normalized spacial score (nSPS) is 15.9. The van der Waals surface area contributed by atoms with Crippen LogP contribution in [0.15, 0.2) is 42.5 Å². The molecule has 0 spiro atoms. The summed E-state index contributed by atoms with van der Waals surface area (Å²) in [4.78, 5) is 15.3. The van der Waals surface area contributed by atoms with Crippen molar-refractivity contribution in [1.82, 2.24) is 4.90 Å². The molecule has 5 heteroatoms. The van der Waals surface area contributed by atoms with Crippen LogP contribution < -0.4 is 9.47 Å². The van der Waals surface area contributed by atoms with E-state index in [2.05, 4.69) is 17.0 Å². The number of hydrogen-bond acceptors (Lipinski definition) is 4. The summed E-state index contributed by atoms with van der Waals surface area (Å²) >= 11 is 0. The predicted molar refractivity (Wildman–Crippen MR) is 101 cm³/mol. The Balaban J connectivity index is 0.00000225. The number of ether oxygens (including phenoxy) is 2. The summed E-state index contributed by atoms with van der Waals surface area (Å²) in [5.41, 5.74) is 2.33. The highest BCUT2D eigenvalue weighted by molar-refractivity contribution is 6.05. The van der Waals surface area contributed by atoms with Crippen LogP contribution in [-0.4, -0.2) is 30.4 Å². The maximum absolute atomic E-state index is 13.1. The number of carbonyl (C=O) groups excluding carboxylic acids is 1. The third kappa shape index (κ3) is 3.51. The standard InChI is InChI=1S/C20H23NO3.ClH/c1-20(2)19(22)16-11-18(24-4)17(23-3)10-15(16)13-21(20)12-14-8-6-5-7-9-14;/h5-11H,12-13H2,1-4H3;1H. The third-order valence-corrected chi connectivity index (χ3v) is 4.78. The Kier molecular flexibility index (Phi) is 5.76. The van der Waals surface area contributed by atoms with Gasteiger partial charge in [-0.15, -0.1) is 12.4 Å². The average Bonchev–Trinajstić information content (AvgIpc) is 2.59. The number of methoxy groups -OCH3 is 2. The number of nitrogens with zero attached hydrogens (tertiary/aromatic N) is 1. The molecule has 0 fully saturated rings. The van der Waals surface area contributed by atoms with Gasteiger partial charge in [0.1, 0.15) is 0 Å². The van der Waals surface area contributed by atoms with Gasteiger partial charge in [-0.05, 0) is 37.1 Å². The summed E-state index contributed by atoms with van der Waals surface area (Å²) in [5.74, 6) is 1.36. The minimum Gasteiger partial charge on any atom is -0.493 e. The molecule has 0 aliphatic carbocycles. The lowest BCUT2D eigenvalue weighted by atomic mass is 9.83. The van der Waals surface area contributed by atoms with Crippen molar-refractivity contribution in [1.29, 1.82) is 0 Å². The molecule has 0 aromatic heterocycles. The van der Waals surface area contributed by atoms with Gasteiger partial charge in [0.05, 0.1) is 19.8 Å². The minimum absolute atomic E-state index is 0. The summed E-state index contributed by atoms with van der Waals surface area (Å²) in [5, 5.41) is 0. The van der Waals surface area contributed by atoms with Crippen LogP contribution in [0, 0.1) is 0 Å². The molecule has 0 saturated heterocycles. The molecule has 2 aromatic rings. The molecule has 0 radical (unpaired) electrons. The molecule has 1 aliphatic rings. The number of halogens is 1. The van der Waals surface area contributed by atoms with Crippen LogP contribution >= 0.6 is 12.4 Å². The lowest BCUT2D eigenvalue weighted by Gasteiger charge is -2.42. The zero-order valence-electron chi connectivity index (χ0n) is 15.0. The third-order valence-electron chi connectivity index (χ3n) is 4.78. The van der Waals surface area contributed by atoms with Crippen LogP contribution in [0.2, 0.25) is 0 Å². The van der Waals surface area contributed by atoms with Crippen LogP contribution in [0.3, 0.4) is 0 Å². The number of fused-ring (bicyclic) bond motifs is 1. The number of ketones is 1. The maximum atomic E-state index is 13.1. The van der Waals surface area contributed by atoms with Crippen molar-refractivity contribution in [3.63, 3.8) is 0 Å². The zero-order valence-corrected chi connectivity index (χ0v) is 15.9. The Hall–Kier alpha value is -2.04. The van der Waals surface area contributed by atoms with E-state index in [1.165, 1.54) is 5.56 Å². The Morgan fingerprint density at radius 2 is 1.64 bits per heavy atom. The van der Waals surface area contributed by atoms with Gasteiger partial charge in [0.25, 0.3) is 0 Å². The quantitative estimate of drug-likeness (QED) is 0.821. The van der Waals surface area contributed by atoms with Crippen LogP contribution in [0.4, 0.5) is 0 Å². The fourth-order valence-corrected chi connectivity index (χ4v) is 3.20. The summed E-state index contributed by atoms with van der Waals surface area (Å²) < 4.78 is 10.7. The van der Waals surface area contributed by atoms with Gasteiger partial charge in [0.2, 0.25) is 0 Å². The van der Waals surface area contributed by atoms with Crippen molar-refractivity contribution in [2.45, 2.75) is 32.5 Å². The van der Waals surface area contributed by atoms with Gasteiger partial charge in [-0.25, -0.2) is 0 Å². The highest BCUT2D eigenvalue weighted by Gasteiger charge is 2.41. The van der Waals surface area contributed by atoms with Gasteiger partial charge in [0.15, 0.2) is 17.3 Å². The second kappa shape index (κ2) is 7.46. The topological polar surface area (TPSA) is 38.8 Å². The molecule has 2 aromatic carbocycles. The van der Waals surface area contributed by atoms with Crippen molar-refractivity contribution in [2.75, 3.05) is 14.2 Å². The van der Waals surface area contributed by atoms with Gasteiger partial charge in [-0.1, -0.05) is 30.3 Å². The van der Waals surface area contributed by atoms with E-state index >= 15 is 0 Å². The number of carbonyl (C=O) groups is 1. The lowest BCUT2D eigenvalue weighted by Crippen LogP contribution is -2.52. The highest BCUT2D eigenvalue weighted by Crippen LogP contribution is 2.38. The van der Waals surface area contributed by atoms with Gasteiger partial charge >= 0.3 is 0 Å². The number of Topliss-reactive ketones (excluding diaryl/α,β-unsaturated/α-hetero) is 1. The van der Waals surface area contributed by atoms with E-state index in [9.17, 15) is 4.79 Å². The Morgan fingerprint density at radius 1 is 1.04 bits per heavy atom. The fraction of sp³-hybridized carbons (Fsp3) is 0.350. The van der Waals surface area contributed by atoms with Gasteiger partial charge in [-0.2, -0.15) is 0 Å². The second-order valence-electron chi connectivity index (χ2n) is 6.59. The van der Waals surface area contributed by atoms with Gasteiger partial charge in [-0.3, -0.25) is 9.69 Å². The molecular formula is C20H24ClNO3. The van der Waals surface area contributed by atoms with E-state index < -0.39 is 5.54 Å². The predicted octanol–water partition coefficient (Wildman–Crippen LogP) is 4.10. The van der Waals surface area contributed by atoms with E-state index in [1.54, 1.807) is 20.3 Å². The molecule has 4 nitrogen and oxygen atoms in total. The largest absolute Gasteiger partial charge is 0.493 e. The van der Waals surface area contributed by atoms with Gasteiger partial charge < -0.3 is 9.47 Å². The Bertz CT molecular complexity index is 759. The molecule has 0 unspecified atom stereocenters. The van der Waals surface area contributed by atoms with E-state index in [0.29, 0.717) is 18.0 Å². The average molecular weight is 362 g/mol. The smallest absolute Gasteiger partial charge is 0.182 e. The van der Waals surface area contributed by atoms with Gasteiger partial charge in [0, 0.05) is 18.7 Å². The molecular weight excluding hydrogens is 338 g/mol. The van der Waals surface area contributed by atoms with Crippen LogP contribution in [0.1, 0.15) is 35.3 Å². The van der Waals surface area contributed by atoms with Crippen LogP contribution in [0.25, 0.3) is 0 Å². The van der Waals surface area contributed by atoms with Crippen molar-refractivity contribution in [2.24, 2.45) is 0 Å². The van der Waals surface area contributed by atoms with Crippen molar-refractivity contribution in [3.05, 3.63) is 59.2 Å². The van der Waals surface area contributed by atoms with E-state index in [1.807, 2.05) is 38.1 Å². The maximum Gasteiger partial charge on any atom is 0.182 e. The second-order valence-corrected chi connectivity index (χ2v) is 6.59. The Morgan fingerprint density at radius 3 is 2.24 bits per heavy atom. The SMILES string of the molecule is COc1cc2c(cc1OC)C(=O)C(C)(C)N(Cc1ccccc1)C2.Cl. The molecule has 0 saturated carbocycles. The fourth-order valence-electron chi connectivity index (χ4n) is 3.20. The first-order chi connectivity index (χ1) is 11.5. The number of benzene rings is 2. The van der Waals surface area contributed by atoms with E-state index in [0.717, 1.165) is 17.7 Å². The van der Waals surface area contributed by atoms with Crippen molar-refractivity contribution in [3.8, 4) is 11.5 Å². The lowest BCUT2D eigenvalue weighted by molar-refractivity contribution is 0.0535. The monoisotopic (exact) mass is 361 g/mol. The molecule has 134 valence electrons. The van der Waals surface area contributed by atoms with E-state index in [4.69, 9.17) is 9.47 Å². The first-order valence-electron chi connectivity index (χ1n) is 8.06. The van der Waals surface area contributed by atoms with Crippen LogP contribution in [-0.2, 0) is 13.1 Å². The Labute approximate surface area is 155 Å². The summed E-state index contributed by atoms with van der Waals surface area (Å²) in [6, 6.07) is 13.9. The van der Waals surface area contributed by atoms with Crippen molar-refractivity contribution >= 4 is 18.2 Å². The molecule has 0 atom stereocenters.